The molecule has 0 saturated carbocycles. The minimum absolute atomic E-state index is 0.184. The average molecular weight is 568 g/mol. The number of amides is 3. The molecule has 0 aliphatic rings. The van der Waals surface area contributed by atoms with Crippen molar-refractivity contribution in [3.63, 3.8) is 0 Å². The van der Waals surface area contributed by atoms with Crippen LogP contribution in [0.3, 0.4) is 0 Å². The second-order valence-electron chi connectivity index (χ2n) is 11.5. The highest BCUT2D eigenvalue weighted by atomic mass is 16.6. The van der Waals surface area contributed by atoms with Crippen LogP contribution in [-0.2, 0) is 20.7 Å². The minimum atomic E-state index is -0.903. The van der Waals surface area contributed by atoms with Crippen molar-refractivity contribution in [3.8, 4) is 5.75 Å². The molecular formula is C33H49N3O5. The Morgan fingerprint density at radius 3 is 2.07 bits per heavy atom. The van der Waals surface area contributed by atoms with Crippen LogP contribution in [0.4, 0.5) is 10.5 Å². The van der Waals surface area contributed by atoms with E-state index in [1.165, 1.54) is 0 Å². The zero-order valence-corrected chi connectivity index (χ0v) is 26.1. The molecular weight excluding hydrogens is 518 g/mol. The minimum Gasteiger partial charge on any atom is -0.497 e. The molecule has 2 aromatic rings. The Labute approximate surface area is 246 Å². The highest BCUT2D eigenvalue weighted by Crippen LogP contribution is 2.28. The van der Waals surface area contributed by atoms with Gasteiger partial charge in [0.15, 0.2) is 0 Å². The second kappa shape index (κ2) is 16.0. The number of ether oxygens (including phenoxy) is 2. The van der Waals surface area contributed by atoms with E-state index in [0.717, 1.165) is 31.2 Å². The molecule has 2 rings (SSSR count). The van der Waals surface area contributed by atoms with Crippen LogP contribution in [0.1, 0.15) is 91.3 Å². The van der Waals surface area contributed by atoms with E-state index in [1.54, 1.807) is 57.0 Å². The first kappa shape index (κ1) is 33.7. The normalized spacial score (nSPS) is 13.5. The van der Waals surface area contributed by atoms with Gasteiger partial charge in [-0.2, -0.15) is 0 Å². The van der Waals surface area contributed by atoms with E-state index in [1.807, 2.05) is 38.1 Å². The maximum atomic E-state index is 14.4. The summed E-state index contributed by atoms with van der Waals surface area (Å²) in [6.45, 7) is 13.8. The van der Waals surface area contributed by atoms with Gasteiger partial charge in [-0.3, -0.25) is 9.59 Å². The van der Waals surface area contributed by atoms with Gasteiger partial charge in [-0.15, -0.1) is 0 Å². The molecule has 8 nitrogen and oxygen atoms in total. The van der Waals surface area contributed by atoms with Crippen LogP contribution in [0.25, 0.3) is 0 Å². The van der Waals surface area contributed by atoms with E-state index in [9.17, 15) is 14.4 Å². The quantitative estimate of drug-likeness (QED) is 0.242. The Kier molecular flexibility index (Phi) is 13.2. The second-order valence-corrected chi connectivity index (χ2v) is 11.5. The molecule has 3 unspecified atom stereocenters. The lowest BCUT2D eigenvalue weighted by Gasteiger charge is -2.36. The van der Waals surface area contributed by atoms with Crippen molar-refractivity contribution in [2.24, 2.45) is 5.92 Å². The number of aryl methyl sites for hydroxylation is 1. The zero-order valence-electron chi connectivity index (χ0n) is 26.1. The third-order valence-electron chi connectivity index (χ3n) is 7.06. The lowest BCUT2D eigenvalue weighted by atomic mass is 9.95. The summed E-state index contributed by atoms with van der Waals surface area (Å²) in [6.07, 6.45) is 3.44. The van der Waals surface area contributed by atoms with E-state index >= 15 is 0 Å². The van der Waals surface area contributed by atoms with Gasteiger partial charge in [0, 0.05) is 12.2 Å². The fraction of sp³-hybridized carbons (Fsp3) is 0.545. The molecule has 3 atom stereocenters. The molecule has 0 aromatic heterocycles. The maximum Gasteiger partial charge on any atom is 0.408 e. The summed E-state index contributed by atoms with van der Waals surface area (Å²) in [5, 5.41) is 5.82. The molecule has 0 aliphatic carbocycles. The molecule has 3 amide bonds. The van der Waals surface area contributed by atoms with Crippen LogP contribution >= 0.6 is 0 Å². The number of alkyl carbamates (subject to hydrolysis) is 1. The predicted molar refractivity (Wildman–Crippen MR) is 164 cm³/mol. The van der Waals surface area contributed by atoms with Gasteiger partial charge in [-0.1, -0.05) is 71.2 Å². The summed E-state index contributed by atoms with van der Waals surface area (Å²) in [5.74, 6) is -0.146. The Morgan fingerprint density at radius 2 is 1.56 bits per heavy atom. The molecule has 0 spiro atoms. The number of hydrogen-bond donors (Lipinski definition) is 2. The molecule has 0 radical (unpaired) electrons. The van der Waals surface area contributed by atoms with Crippen LogP contribution in [0.5, 0.6) is 5.75 Å². The lowest BCUT2D eigenvalue weighted by Crippen LogP contribution is -2.55. The summed E-state index contributed by atoms with van der Waals surface area (Å²) in [6, 6.07) is 13.1. The average Bonchev–Trinajstić information content (AvgIpc) is 2.94. The molecule has 0 saturated heterocycles. The molecule has 8 heteroatoms. The first-order chi connectivity index (χ1) is 19.4. The number of benzene rings is 2. The van der Waals surface area contributed by atoms with Gasteiger partial charge in [0.25, 0.3) is 5.91 Å². The van der Waals surface area contributed by atoms with Crippen LogP contribution in [-0.4, -0.2) is 48.1 Å². The van der Waals surface area contributed by atoms with Crippen molar-refractivity contribution < 1.29 is 23.9 Å². The maximum absolute atomic E-state index is 14.4. The Hall–Kier alpha value is -3.55. The van der Waals surface area contributed by atoms with Gasteiger partial charge in [-0.25, -0.2) is 4.79 Å². The summed E-state index contributed by atoms with van der Waals surface area (Å²) in [4.78, 5) is 42.9. The number of anilines is 1. The van der Waals surface area contributed by atoms with Crippen molar-refractivity contribution in [1.29, 1.82) is 0 Å². The van der Waals surface area contributed by atoms with Gasteiger partial charge in [0.1, 0.15) is 23.4 Å². The summed E-state index contributed by atoms with van der Waals surface area (Å²) in [7, 11) is 1.59. The van der Waals surface area contributed by atoms with E-state index in [0.29, 0.717) is 30.0 Å². The SMILES string of the molecule is CCCCCN(C(=O)C(NC(=O)OC(C)(C)C)C(C)CC)C(C(=O)Nc1ccc(OC)cc1)c1ccc(CC)cc1. The van der Waals surface area contributed by atoms with Crippen molar-refractivity contribution in [2.45, 2.75) is 98.3 Å². The monoisotopic (exact) mass is 567 g/mol. The lowest BCUT2D eigenvalue weighted by molar-refractivity contribution is -0.142. The number of carbonyl (C=O) groups excluding carboxylic acids is 3. The molecule has 2 aromatic carbocycles. The fourth-order valence-corrected chi connectivity index (χ4v) is 4.49. The first-order valence-electron chi connectivity index (χ1n) is 14.8. The number of nitrogens with one attached hydrogen (secondary N) is 2. The van der Waals surface area contributed by atoms with Crippen molar-refractivity contribution in [2.75, 3.05) is 19.0 Å². The first-order valence-corrected chi connectivity index (χ1v) is 14.8. The standard InChI is InChI=1S/C33H49N3O5/c1-9-12-13-22-36(31(38)28(23(4)10-2)35-32(39)41-33(5,6)7)29(25-16-14-24(11-3)15-17-25)30(37)34-26-18-20-27(40-8)21-19-26/h14-21,23,28-29H,9-13,22H2,1-8H3,(H,34,37)(H,35,39). The topological polar surface area (TPSA) is 97.0 Å². The van der Waals surface area contributed by atoms with E-state index in [4.69, 9.17) is 9.47 Å². The summed E-state index contributed by atoms with van der Waals surface area (Å²) >= 11 is 0. The molecule has 2 N–H and O–H groups in total. The highest BCUT2D eigenvalue weighted by molar-refractivity contribution is 5.99. The Bertz CT molecular complexity index is 1110. The number of rotatable bonds is 14. The van der Waals surface area contributed by atoms with Crippen molar-refractivity contribution in [3.05, 3.63) is 59.7 Å². The number of unbranched alkanes of at least 4 members (excludes halogenated alkanes) is 2. The molecule has 0 heterocycles. The Morgan fingerprint density at radius 1 is 0.927 bits per heavy atom. The van der Waals surface area contributed by atoms with Crippen molar-refractivity contribution >= 4 is 23.6 Å². The zero-order chi connectivity index (χ0) is 30.6. The summed E-state index contributed by atoms with van der Waals surface area (Å²) < 4.78 is 10.7. The smallest absolute Gasteiger partial charge is 0.408 e. The van der Waals surface area contributed by atoms with E-state index in [-0.39, 0.29) is 17.7 Å². The van der Waals surface area contributed by atoms with Crippen LogP contribution in [0, 0.1) is 5.92 Å². The predicted octanol–water partition coefficient (Wildman–Crippen LogP) is 6.90. The number of methoxy groups -OCH3 is 1. The Balaban J connectivity index is 2.55. The number of nitrogens with zero attached hydrogens (tertiary/aromatic N) is 1. The molecule has 0 fully saturated rings. The number of carbonyl (C=O) groups is 3. The van der Waals surface area contributed by atoms with Crippen LogP contribution in [0.15, 0.2) is 48.5 Å². The molecule has 0 bridgehead atoms. The third kappa shape index (κ3) is 10.4. The fourth-order valence-electron chi connectivity index (χ4n) is 4.49. The van der Waals surface area contributed by atoms with Gasteiger partial charge in [0.2, 0.25) is 5.91 Å². The molecule has 226 valence electrons. The van der Waals surface area contributed by atoms with Gasteiger partial charge in [0.05, 0.1) is 7.11 Å². The van der Waals surface area contributed by atoms with Crippen LogP contribution in [0.2, 0.25) is 0 Å². The van der Waals surface area contributed by atoms with Crippen LogP contribution < -0.4 is 15.4 Å². The highest BCUT2D eigenvalue weighted by Gasteiger charge is 2.38. The molecule has 0 aliphatic heterocycles. The summed E-state index contributed by atoms with van der Waals surface area (Å²) in [5.41, 5.74) is 1.72. The molecule has 41 heavy (non-hydrogen) atoms. The van der Waals surface area contributed by atoms with E-state index < -0.39 is 23.8 Å². The van der Waals surface area contributed by atoms with Crippen molar-refractivity contribution in [1.82, 2.24) is 10.2 Å². The number of hydrogen-bond acceptors (Lipinski definition) is 5. The van der Waals surface area contributed by atoms with Gasteiger partial charge < -0.3 is 25.0 Å². The van der Waals surface area contributed by atoms with Gasteiger partial charge in [-0.05, 0) is 74.9 Å². The van der Waals surface area contributed by atoms with Gasteiger partial charge >= 0.3 is 6.09 Å². The third-order valence-corrected chi connectivity index (χ3v) is 7.06. The van der Waals surface area contributed by atoms with E-state index in [2.05, 4.69) is 24.5 Å². The largest absolute Gasteiger partial charge is 0.497 e.